The largest absolute Gasteiger partial charge is 0.491 e. The van der Waals surface area contributed by atoms with Crippen LogP contribution in [0.4, 0.5) is 9.18 Å². The summed E-state index contributed by atoms with van der Waals surface area (Å²) in [5, 5.41) is 11.9. The highest BCUT2D eigenvalue weighted by Gasteiger charge is 2.21. The molecule has 134 valence electrons. The number of amides is 1. The molecule has 0 bridgehead atoms. The van der Waals surface area contributed by atoms with Crippen LogP contribution in [0.5, 0.6) is 5.75 Å². The van der Waals surface area contributed by atoms with Crippen LogP contribution in [0.3, 0.4) is 0 Å². The van der Waals surface area contributed by atoms with Crippen LogP contribution in [0.25, 0.3) is 0 Å². The average molecular weight is 362 g/mol. The monoisotopic (exact) mass is 361 g/mol. The molecule has 0 radical (unpaired) electrons. The molecule has 1 saturated heterocycles. The van der Waals surface area contributed by atoms with E-state index in [1.165, 1.54) is 18.2 Å². The van der Waals surface area contributed by atoms with Gasteiger partial charge in [0.05, 0.1) is 5.02 Å². The lowest BCUT2D eigenvalue weighted by molar-refractivity contribution is 0.0245. The fraction of sp³-hybridized carbons (Fsp3) is 0.533. The number of nitrogens with zero attached hydrogens (tertiary/aromatic N) is 1. The molecule has 24 heavy (non-hydrogen) atoms. The van der Waals surface area contributed by atoms with Gasteiger partial charge in [-0.2, -0.15) is 0 Å². The number of piperidine rings is 1. The van der Waals surface area contributed by atoms with Crippen LogP contribution in [-0.4, -0.2) is 54.7 Å². The van der Waals surface area contributed by atoms with E-state index in [9.17, 15) is 14.3 Å². The summed E-state index contributed by atoms with van der Waals surface area (Å²) in [6.45, 7) is 1.66. The number of nitrogens with two attached hydrogens (primary N) is 1. The average Bonchev–Trinajstić information content (AvgIpc) is 2.55. The Kier molecular flexibility index (Phi) is 7.04. The van der Waals surface area contributed by atoms with Gasteiger partial charge in [-0.3, -0.25) is 5.43 Å². The van der Waals surface area contributed by atoms with Gasteiger partial charge in [-0.1, -0.05) is 11.6 Å². The van der Waals surface area contributed by atoms with Gasteiger partial charge in [0.2, 0.25) is 0 Å². The molecule has 9 heteroatoms. The summed E-state index contributed by atoms with van der Waals surface area (Å²) >= 11 is 5.59. The number of ether oxygens (including phenoxy) is 2. The Morgan fingerprint density at radius 3 is 2.83 bits per heavy atom. The van der Waals surface area contributed by atoms with Gasteiger partial charge >= 0.3 is 6.09 Å². The number of aliphatic hydroxyl groups is 1. The summed E-state index contributed by atoms with van der Waals surface area (Å²) in [5.74, 6) is -0.261. The number of hydrogen-bond donors (Lipinski definition) is 3. The van der Waals surface area contributed by atoms with Crippen molar-refractivity contribution in [1.82, 2.24) is 10.4 Å². The number of nitrogens with one attached hydrogen (secondary N) is 1. The van der Waals surface area contributed by atoms with Crippen molar-refractivity contribution >= 4 is 17.7 Å². The predicted molar refractivity (Wildman–Crippen MR) is 86.2 cm³/mol. The first-order valence-corrected chi connectivity index (χ1v) is 8.02. The SMILES string of the molecule is NC(=O)OC1CCN(NCC(O)COc2ccc(Cl)c(F)c2)CC1. The smallest absolute Gasteiger partial charge is 0.404 e. The van der Waals surface area contributed by atoms with Crippen LogP contribution in [0.1, 0.15) is 12.8 Å². The number of aliphatic hydroxyl groups excluding tert-OH is 1. The summed E-state index contributed by atoms with van der Waals surface area (Å²) in [5.41, 5.74) is 8.08. The number of carbonyl (C=O) groups excluding carboxylic acids is 1. The van der Waals surface area contributed by atoms with Crippen LogP contribution in [0.2, 0.25) is 5.02 Å². The highest BCUT2D eigenvalue weighted by molar-refractivity contribution is 6.30. The molecule has 1 amide bonds. The normalized spacial score (nSPS) is 17.5. The Labute approximate surface area is 144 Å². The van der Waals surface area contributed by atoms with Gasteiger partial charge in [-0.25, -0.2) is 14.2 Å². The van der Waals surface area contributed by atoms with Gasteiger partial charge in [0, 0.05) is 25.7 Å². The van der Waals surface area contributed by atoms with Crippen molar-refractivity contribution < 1.29 is 23.8 Å². The lowest BCUT2D eigenvalue weighted by Crippen LogP contribution is -2.49. The fourth-order valence-electron chi connectivity index (χ4n) is 2.35. The van der Waals surface area contributed by atoms with Crippen molar-refractivity contribution in [3.8, 4) is 5.75 Å². The maximum Gasteiger partial charge on any atom is 0.404 e. The van der Waals surface area contributed by atoms with Crippen molar-refractivity contribution in [2.75, 3.05) is 26.2 Å². The zero-order chi connectivity index (χ0) is 17.5. The minimum Gasteiger partial charge on any atom is -0.491 e. The van der Waals surface area contributed by atoms with Crippen molar-refractivity contribution in [3.05, 3.63) is 29.0 Å². The maximum atomic E-state index is 13.3. The standard InChI is InChI=1S/C15H21ClFN3O4/c16-13-2-1-12(7-14(13)17)23-9-10(21)8-19-20-5-3-11(4-6-20)24-15(18)22/h1-2,7,10-11,19,21H,3-6,8-9H2,(H2,18,22). The van der Waals surface area contributed by atoms with E-state index in [0.717, 1.165) is 0 Å². The van der Waals surface area contributed by atoms with E-state index in [1.54, 1.807) is 0 Å². The second kappa shape index (κ2) is 9.03. The summed E-state index contributed by atoms with van der Waals surface area (Å²) in [7, 11) is 0. The third kappa shape index (κ3) is 6.12. The molecule has 0 spiro atoms. The van der Waals surface area contributed by atoms with Gasteiger partial charge in [0.25, 0.3) is 0 Å². The van der Waals surface area contributed by atoms with Crippen LogP contribution in [-0.2, 0) is 4.74 Å². The number of hydrazine groups is 1. The van der Waals surface area contributed by atoms with Crippen molar-refractivity contribution in [3.63, 3.8) is 0 Å². The van der Waals surface area contributed by atoms with Crippen molar-refractivity contribution in [2.45, 2.75) is 25.0 Å². The third-order valence-corrected chi connectivity index (χ3v) is 3.92. The zero-order valence-corrected chi connectivity index (χ0v) is 13.8. The molecule has 7 nitrogen and oxygen atoms in total. The van der Waals surface area contributed by atoms with Gasteiger partial charge in [0.1, 0.15) is 30.4 Å². The van der Waals surface area contributed by atoms with E-state index in [2.05, 4.69) is 5.43 Å². The van der Waals surface area contributed by atoms with Crippen LogP contribution in [0.15, 0.2) is 18.2 Å². The Morgan fingerprint density at radius 2 is 2.21 bits per heavy atom. The molecule has 1 aromatic carbocycles. The van der Waals surface area contributed by atoms with E-state index in [1.807, 2.05) is 5.01 Å². The Bertz CT molecular complexity index is 556. The first kappa shape index (κ1) is 18.7. The molecule has 0 aliphatic carbocycles. The number of carbonyl (C=O) groups is 1. The minimum absolute atomic E-state index is 0.0216. The highest BCUT2D eigenvalue weighted by atomic mass is 35.5. The lowest BCUT2D eigenvalue weighted by Gasteiger charge is -2.32. The highest BCUT2D eigenvalue weighted by Crippen LogP contribution is 2.20. The second-order valence-corrected chi connectivity index (χ2v) is 5.93. The molecule has 1 fully saturated rings. The van der Waals surface area contributed by atoms with E-state index < -0.39 is 18.0 Å². The molecule has 0 aromatic heterocycles. The molecule has 1 unspecified atom stereocenters. The Morgan fingerprint density at radius 1 is 1.50 bits per heavy atom. The first-order valence-electron chi connectivity index (χ1n) is 7.64. The Balaban J connectivity index is 1.64. The number of primary amides is 1. The second-order valence-electron chi connectivity index (χ2n) is 5.53. The van der Waals surface area contributed by atoms with Gasteiger partial charge < -0.3 is 20.3 Å². The summed E-state index contributed by atoms with van der Waals surface area (Å²) in [6, 6.07) is 4.11. The molecule has 4 N–H and O–H groups in total. The minimum atomic E-state index is -0.761. The number of hydrogen-bond acceptors (Lipinski definition) is 6. The first-order chi connectivity index (χ1) is 11.4. The summed E-state index contributed by atoms with van der Waals surface area (Å²) in [4.78, 5) is 10.7. The molecular formula is C15H21ClFN3O4. The third-order valence-electron chi connectivity index (χ3n) is 3.61. The van der Waals surface area contributed by atoms with E-state index in [0.29, 0.717) is 31.7 Å². The molecule has 1 aliphatic rings. The number of benzene rings is 1. The lowest BCUT2D eigenvalue weighted by atomic mass is 10.1. The quantitative estimate of drug-likeness (QED) is 0.677. The molecule has 1 atom stereocenters. The molecular weight excluding hydrogens is 341 g/mol. The van der Waals surface area contributed by atoms with E-state index in [4.69, 9.17) is 26.8 Å². The van der Waals surface area contributed by atoms with E-state index >= 15 is 0 Å². The molecule has 1 aromatic rings. The number of halogens is 2. The van der Waals surface area contributed by atoms with Crippen LogP contribution in [0, 0.1) is 5.82 Å². The fourth-order valence-corrected chi connectivity index (χ4v) is 2.47. The molecule has 0 saturated carbocycles. The molecule has 1 heterocycles. The Hall–Kier alpha value is -1.61. The summed E-state index contributed by atoms with van der Waals surface area (Å²) in [6.07, 6.45) is -0.330. The van der Waals surface area contributed by atoms with E-state index in [-0.39, 0.29) is 24.3 Å². The van der Waals surface area contributed by atoms with Crippen LogP contribution < -0.4 is 15.9 Å². The number of rotatable bonds is 7. The molecule has 1 aliphatic heterocycles. The topological polar surface area (TPSA) is 97.1 Å². The van der Waals surface area contributed by atoms with Gasteiger partial charge in [0.15, 0.2) is 0 Å². The maximum absolute atomic E-state index is 13.3. The predicted octanol–water partition coefficient (Wildman–Crippen LogP) is 1.28. The van der Waals surface area contributed by atoms with Gasteiger partial charge in [-0.05, 0) is 25.0 Å². The summed E-state index contributed by atoms with van der Waals surface area (Å²) < 4.78 is 23.5. The van der Waals surface area contributed by atoms with Crippen LogP contribution >= 0.6 is 11.6 Å². The molecule has 2 rings (SSSR count). The van der Waals surface area contributed by atoms with Crippen molar-refractivity contribution in [1.29, 1.82) is 0 Å². The zero-order valence-electron chi connectivity index (χ0n) is 13.1. The van der Waals surface area contributed by atoms with Gasteiger partial charge in [-0.15, -0.1) is 0 Å². The van der Waals surface area contributed by atoms with Crippen molar-refractivity contribution in [2.24, 2.45) is 5.73 Å².